The lowest BCUT2D eigenvalue weighted by atomic mass is 10.2. The van der Waals surface area contributed by atoms with Crippen LogP contribution in [-0.4, -0.2) is 73.4 Å². The van der Waals surface area contributed by atoms with Crippen LogP contribution in [0.1, 0.15) is 11.1 Å². The molecule has 232 valence electrons. The number of halogens is 8. The second-order valence-electron chi connectivity index (χ2n) is 7.86. The molecular weight excluding hydrogens is 608 g/mol. The molecule has 0 aromatic carbocycles. The van der Waals surface area contributed by atoms with Crippen LogP contribution in [0.15, 0.2) is 47.0 Å². The summed E-state index contributed by atoms with van der Waals surface area (Å²) in [4.78, 5) is 34.3. The average Bonchev–Trinajstić information content (AvgIpc) is 3.24. The van der Waals surface area contributed by atoms with Crippen LogP contribution in [0.25, 0.3) is 5.65 Å². The molecule has 0 saturated carbocycles. The number of carboxylic acids is 2. The first-order valence-electron chi connectivity index (χ1n) is 11.2. The number of ether oxygens (including phenoxy) is 1. The molecule has 0 bridgehead atoms. The molecule has 20 heteroatoms. The summed E-state index contributed by atoms with van der Waals surface area (Å²) in [6, 6.07) is 5.10. The molecule has 12 nitrogen and oxygen atoms in total. The number of pyridine rings is 2. The minimum atomic E-state index is -5.08. The van der Waals surface area contributed by atoms with E-state index in [0.29, 0.717) is 35.8 Å². The van der Waals surface area contributed by atoms with E-state index in [-0.39, 0.29) is 18.7 Å². The van der Waals surface area contributed by atoms with Gasteiger partial charge in [-0.2, -0.15) is 35.1 Å². The Kier molecular flexibility index (Phi) is 11.2. The van der Waals surface area contributed by atoms with E-state index in [1.165, 1.54) is 10.6 Å². The molecule has 4 heterocycles. The van der Waals surface area contributed by atoms with E-state index in [4.69, 9.17) is 30.3 Å². The van der Waals surface area contributed by atoms with Crippen LogP contribution < -0.4 is 21.5 Å². The summed E-state index contributed by atoms with van der Waals surface area (Å²) in [5.41, 5.74) is 6.83. The van der Waals surface area contributed by atoms with Crippen LogP contribution in [0.2, 0.25) is 0 Å². The monoisotopic (exact) mass is 626 g/mol. The maximum Gasteiger partial charge on any atom is 0.490 e. The van der Waals surface area contributed by atoms with Crippen molar-refractivity contribution in [3.63, 3.8) is 0 Å². The highest BCUT2D eigenvalue weighted by molar-refractivity contribution is 5.73. The second-order valence-corrected chi connectivity index (χ2v) is 7.86. The molecule has 0 amide bonds. The first kappa shape index (κ1) is 34.0. The molecule has 3 aromatic rings. The molecule has 4 rings (SSSR count). The number of aliphatic carboxylic acids is 2. The normalized spacial score (nSPS) is 12.0. The largest absolute Gasteiger partial charge is 0.490 e. The number of nitrogens with zero attached hydrogens (tertiary/aromatic N) is 4. The summed E-state index contributed by atoms with van der Waals surface area (Å²) >= 11 is 0. The number of carbonyl (C=O) groups is 2. The van der Waals surface area contributed by atoms with Gasteiger partial charge in [0.05, 0.1) is 12.2 Å². The van der Waals surface area contributed by atoms with Gasteiger partial charge in [0, 0.05) is 42.2 Å². The van der Waals surface area contributed by atoms with Gasteiger partial charge in [0.1, 0.15) is 6.61 Å². The summed E-state index contributed by atoms with van der Waals surface area (Å²) in [5, 5.41) is 21.5. The Morgan fingerprint density at radius 1 is 1.05 bits per heavy atom. The third kappa shape index (κ3) is 9.99. The molecule has 0 spiro atoms. The maximum atomic E-state index is 12.8. The highest BCUT2D eigenvalue weighted by Crippen LogP contribution is 2.24. The Morgan fingerprint density at radius 2 is 1.63 bits per heavy atom. The fourth-order valence-electron chi connectivity index (χ4n) is 2.82. The van der Waals surface area contributed by atoms with Crippen LogP contribution in [0.4, 0.5) is 40.8 Å². The van der Waals surface area contributed by atoms with Gasteiger partial charge in [-0.25, -0.2) is 24.0 Å². The van der Waals surface area contributed by atoms with Gasteiger partial charge in [-0.1, -0.05) is 11.8 Å². The summed E-state index contributed by atoms with van der Waals surface area (Å²) in [6.45, 7) is 0.550. The second kappa shape index (κ2) is 14.1. The Labute approximate surface area is 234 Å². The quantitative estimate of drug-likeness (QED) is 0.250. The van der Waals surface area contributed by atoms with E-state index in [1.807, 2.05) is 6.07 Å². The third-order valence-electron chi connectivity index (χ3n) is 4.78. The van der Waals surface area contributed by atoms with Crippen LogP contribution in [-0.2, 0) is 16.1 Å². The number of nitrogens with one attached hydrogen (secondary N) is 1. The maximum absolute atomic E-state index is 12.8. The zero-order chi connectivity index (χ0) is 32.5. The molecule has 5 N–H and O–H groups in total. The first-order chi connectivity index (χ1) is 19.9. The molecule has 0 saturated heterocycles. The highest BCUT2D eigenvalue weighted by atomic mass is 19.4. The predicted molar refractivity (Wildman–Crippen MR) is 129 cm³/mol. The SMILES string of the molecule is NCC(Cn1nc2cc(C#Cc3cnc4c(c3)NCCO4)ccn2c1=O)=C(F)F.O=C(O)C(F)(F)F.O=C(O)C(F)(F)F. The van der Waals surface area contributed by atoms with Gasteiger partial charge in [-0.15, -0.1) is 5.10 Å². The van der Waals surface area contributed by atoms with Gasteiger partial charge in [0.2, 0.25) is 5.88 Å². The molecule has 0 unspecified atom stereocenters. The Hall–Kier alpha value is -5.19. The van der Waals surface area contributed by atoms with Gasteiger partial charge >= 0.3 is 30.0 Å². The molecule has 0 radical (unpaired) electrons. The summed E-state index contributed by atoms with van der Waals surface area (Å²) in [5.74, 6) is 1.02. The third-order valence-corrected chi connectivity index (χ3v) is 4.78. The molecule has 0 fully saturated rings. The molecule has 0 aliphatic carbocycles. The summed E-state index contributed by atoms with van der Waals surface area (Å²) in [6.07, 6.45) is -8.95. The molecule has 1 aliphatic heterocycles. The van der Waals surface area contributed by atoms with E-state index in [1.54, 1.807) is 18.3 Å². The Bertz CT molecular complexity index is 1610. The molecule has 1 aliphatic rings. The van der Waals surface area contributed by atoms with Gasteiger partial charge in [-0.3, -0.25) is 4.40 Å². The number of hydrogen-bond acceptors (Lipinski definition) is 8. The van der Waals surface area contributed by atoms with Crippen molar-refractivity contribution in [3.05, 3.63) is 63.9 Å². The van der Waals surface area contributed by atoms with Crippen molar-refractivity contribution in [3.8, 4) is 17.7 Å². The van der Waals surface area contributed by atoms with Crippen molar-refractivity contribution in [2.24, 2.45) is 5.73 Å². The lowest BCUT2D eigenvalue weighted by Gasteiger charge is -2.17. The fraction of sp³-hybridized carbons (Fsp3) is 0.261. The topological polar surface area (TPSA) is 174 Å². The van der Waals surface area contributed by atoms with E-state index in [2.05, 4.69) is 27.2 Å². The van der Waals surface area contributed by atoms with Crippen molar-refractivity contribution in [1.29, 1.82) is 0 Å². The average molecular weight is 626 g/mol. The number of rotatable bonds is 3. The predicted octanol–water partition coefficient (Wildman–Crippen LogP) is 2.47. The minimum Gasteiger partial charge on any atom is -0.475 e. The van der Waals surface area contributed by atoms with E-state index in [0.717, 1.165) is 10.4 Å². The first-order valence-corrected chi connectivity index (χ1v) is 11.2. The van der Waals surface area contributed by atoms with Crippen molar-refractivity contribution >= 4 is 23.3 Å². The van der Waals surface area contributed by atoms with Gasteiger partial charge in [0.15, 0.2) is 5.65 Å². The molecule has 0 atom stereocenters. The minimum absolute atomic E-state index is 0.302. The number of anilines is 1. The standard InChI is InChI=1S/C19H16F2N6O2.2C2HF3O2/c20-17(21)14(9-22)11-27-19(28)26-5-3-12(8-16(26)25-27)1-2-13-7-15-18(24-10-13)29-6-4-23-15;2*3-2(4,5)1(6)7/h3,5,7-8,10,23H,4,6,9,11,22H2;2*(H,6,7). The van der Waals surface area contributed by atoms with Gasteiger partial charge in [0.25, 0.3) is 6.08 Å². The van der Waals surface area contributed by atoms with E-state index in [9.17, 15) is 39.9 Å². The summed E-state index contributed by atoms with van der Waals surface area (Å²) in [7, 11) is 0. The molecular formula is C23H18F8N6O6. The number of fused-ring (bicyclic) bond motifs is 2. The van der Waals surface area contributed by atoms with Crippen molar-refractivity contribution < 1.29 is 59.7 Å². The van der Waals surface area contributed by atoms with Gasteiger partial charge < -0.3 is 26.0 Å². The van der Waals surface area contributed by atoms with Gasteiger partial charge in [-0.05, 0) is 18.2 Å². The molecule has 43 heavy (non-hydrogen) atoms. The number of aromatic nitrogens is 4. The van der Waals surface area contributed by atoms with E-state index < -0.39 is 36.1 Å². The smallest absolute Gasteiger partial charge is 0.475 e. The van der Waals surface area contributed by atoms with Crippen LogP contribution in [0, 0.1) is 11.8 Å². The van der Waals surface area contributed by atoms with Crippen LogP contribution in [0.5, 0.6) is 5.88 Å². The zero-order valence-corrected chi connectivity index (χ0v) is 21.1. The van der Waals surface area contributed by atoms with Crippen molar-refractivity contribution in [1.82, 2.24) is 19.2 Å². The van der Waals surface area contributed by atoms with Crippen LogP contribution >= 0.6 is 0 Å². The zero-order valence-electron chi connectivity index (χ0n) is 21.1. The number of alkyl halides is 6. The number of hydrogen-bond donors (Lipinski definition) is 4. The highest BCUT2D eigenvalue weighted by Gasteiger charge is 2.38. The molecule has 3 aromatic heterocycles. The number of nitrogens with two attached hydrogens (primary N) is 1. The lowest BCUT2D eigenvalue weighted by Crippen LogP contribution is -2.24. The van der Waals surface area contributed by atoms with Crippen molar-refractivity contribution in [2.45, 2.75) is 18.9 Å². The Morgan fingerprint density at radius 3 is 2.16 bits per heavy atom. The Balaban J connectivity index is 0.000000384. The van der Waals surface area contributed by atoms with Crippen LogP contribution in [0.3, 0.4) is 0 Å². The number of carboxylic acid groups (broad SMARTS) is 2. The summed E-state index contributed by atoms with van der Waals surface area (Å²) < 4.78 is 96.8. The van der Waals surface area contributed by atoms with E-state index >= 15 is 0 Å². The van der Waals surface area contributed by atoms with Crippen molar-refractivity contribution in [2.75, 3.05) is 25.0 Å². The fourth-order valence-corrected chi connectivity index (χ4v) is 2.82. The lowest BCUT2D eigenvalue weighted by molar-refractivity contribution is -0.193.